The molecule has 3 aliphatic heterocycles. The third-order valence-corrected chi connectivity index (χ3v) is 6.92. The number of benzene rings is 1. The molecule has 3 atom stereocenters. The summed E-state index contributed by atoms with van der Waals surface area (Å²) in [6, 6.07) is 5.47. The molecule has 0 unspecified atom stereocenters. The maximum absolute atomic E-state index is 13.1. The molecule has 3 amide bonds. The molecule has 0 aromatic heterocycles. The summed E-state index contributed by atoms with van der Waals surface area (Å²) in [5.74, 6) is -0.104. The van der Waals surface area contributed by atoms with Gasteiger partial charge in [0, 0.05) is 37.7 Å². The van der Waals surface area contributed by atoms with Crippen LogP contribution in [0.15, 0.2) is 18.2 Å². The SMILES string of the molecule is Cc1ccc2c(c1)N[C@]1(CCC(=O)N([C@H](C)C(=O)N3CCCC[C@H]3C)CC1)NC2=O. The molecule has 2 N–H and O–H groups in total. The van der Waals surface area contributed by atoms with Gasteiger partial charge in [-0.2, -0.15) is 0 Å². The second-order valence-electron chi connectivity index (χ2n) is 9.10. The zero-order chi connectivity index (χ0) is 21.5. The Bertz CT molecular complexity index is 870. The molecule has 30 heavy (non-hydrogen) atoms. The third-order valence-electron chi connectivity index (χ3n) is 6.92. The zero-order valence-corrected chi connectivity index (χ0v) is 18.2. The number of fused-ring (bicyclic) bond motifs is 1. The first-order valence-electron chi connectivity index (χ1n) is 11.1. The van der Waals surface area contributed by atoms with Crippen molar-refractivity contribution in [3.63, 3.8) is 0 Å². The van der Waals surface area contributed by atoms with Crippen LogP contribution < -0.4 is 10.6 Å². The van der Waals surface area contributed by atoms with Crippen molar-refractivity contribution in [1.29, 1.82) is 0 Å². The lowest BCUT2D eigenvalue weighted by molar-refractivity contribution is -0.147. The molecule has 1 aromatic carbocycles. The van der Waals surface area contributed by atoms with E-state index in [0.717, 1.165) is 37.1 Å². The van der Waals surface area contributed by atoms with Crippen molar-refractivity contribution < 1.29 is 14.4 Å². The predicted octanol–water partition coefficient (Wildman–Crippen LogP) is 2.65. The van der Waals surface area contributed by atoms with Gasteiger partial charge >= 0.3 is 0 Å². The Kier molecular flexibility index (Phi) is 5.47. The second-order valence-corrected chi connectivity index (χ2v) is 9.10. The number of aryl methyl sites for hydroxylation is 1. The number of nitrogens with one attached hydrogen (secondary N) is 2. The zero-order valence-electron chi connectivity index (χ0n) is 18.2. The Labute approximate surface area is 178 Å². The highest BCUT2D eigenvalue weighted by atomic mass is 16.2. The molecular formula is C23H32N4O3. The van der Waals surface area contributed by atoms with E-state index < -0.39 is 11.7 Å². The maximum Gasteiger partial charge on any atom is 0.255 e. The Morgan fingerprint density at radius 1 is 1.17 bits per heavy atom. The van der Waals surface area contributed by atoms with Gasteiger partial charge in [0.25, 0.3) is 5.91 Å². The molecule has 0 bridgehead atoms. The van der Waals surface area contributed by atoms with Gasteiger partial charge in [0.2, 0.25) is 11.8 Å². The van der Waals surface area contributed by atoms with E-state index in [4.69, 9.17) is 0 Å². The average Bonchev–Trinajstić information content (AvgIpc) is 2.86. The largest absolute Gasteiger partial charge is 0.362 e. The number of amides is 3. The highest BCUT2D eigenvalue weighted by molar-refractivity contribution is 6.02. The highest BCUT2D eigenvalue weighted by Gasteiger charge is 2.42. The molecular weight excluding hydrogens is 380 g/mol. The van der Waals surface area contributed by atoms with Gasteiger partial charge in [-0.05, 0) is 64.2 Å². The van der Waals surface area contributed by atoms with Gasteiger partial charge in [-0.1, -0.05) is 6.07 Å². The Morgan fingerprint density at radius 2 is 1.97 bits per heavy atom. The molecule has 2 saturated heterocycles. The minimum atomic E-state index is -0.663. The van der Waals surface area contributed by atoms with Gasteiger partial charge in [0.15, 0.2) is 0 Å². The van der Waals surface area contributed by atoms with Gasteiger partial charge in [0.1, 0.15) is 11.7 Å². The lowest BCUT2D eigenvalue weighted by Gasteiger charge is -2.40. The molecule has 162 valence electrons. The lowest BCUT2D eigenvalue weighted by Crippen LogP contribution is -2.58. The molecule has 3 aliphatic rings. The van der Waals surface area contributed by atoms with E-state index >= 15 is 0 Å². The van der Waals surface area contributed by atoms with Crippen molar-refractivity contribution in [2.24, 2.45) is 0 Å². The van der Waals surface area contributed by atoms with E-state index in [9.17, 15) is 14.4 Å². The monoisotopic (exact) mass is 412 g/mol. The number of rotatable bonds is 2. The molecule has 2 fully saturated rings. The molecule has 7 heteroatoms. The standard InChI is InChI=1S/C23H32N4O3/c1-15-7-8-18-19(14-15)24-23(25-21(18)29)10-9-20(28)27(13-11-23)17(3)22(30)26-12-5-4-6-16(26)2/h7-8,14,16-17,24H,4-6,9-13H2,1-3H3,(H,25,29)/t16-,17-,23-/m1/s1. The minimum Gasteiger partial charge on any atom is -0.362 e. The molecule has 0 saturated carbocycles. The second kappa shape index (κ2) is 7.93. The summed E-state index contributed by atoms with van der Waals surface area (Å²) in [5.41, 5.74) is 1.85. The van der Waals surface area contributed by atoms with E-state index in [1.807, 2.05) is 36.9 Å². The number of carbonyl (C=O) groups is 3. The van der Waals surface area contributed by atoms with Gasteiger partial charge in [-0.25, -0.2) is 0 Å². The molecule has 3 heterocycles. The van der Waals surface area contributed by atoms with Crippen LogP contribution in [0.1, 0.15) is 68.3 Å². The number of likely N-dealkylation sites (tertiary alicyclic amines) is 2. The van der Waals surface area contributed by atoms with E-state index in [1.54, 1.807) is 4.90 Å². The van der Waals surface area contributed by atoms with Crippen LogP contribution >= 0.6 is 0 Å². The van der Waals surface area contributed by atoms with E-state index in [0.29, 0.717) is 31.4 Å². The number of hydrogen-bond acceptors (Lipinski definition) is 4. The van der Waals surface area contributed by atoms with Crippen LogP contribution in [0.2, 0.25) is 0 Å². The number of anilines is 1. The first-order chi connectivity index (χ1) is 14.3. The molecule has 1 spiro atoms. The van der Waals surface area contributed by atoms with Crippen molar-refractivity contribution >= 4 is 23.4 Å². The number of carbonyl (C=O) groups excluding carboxylic acids is 3. The summed E-state index contributed by atoms with van der Waals surface area (Å²) in [7, 11) is 0. The molecule has 4 rings (SSSR count). The summed E-state index contributed by atoms with van der Waals surface area (Å²) in [4.78, 5) is 42.4. The average molecular weight is 413 g/mol. The Hall–Kier alpha value is -2.57. The first kappa shape index (κ1) is 20.7. The molecule has 0 aliphatic carbocycles. The number of hydrogen-bond donors (Lipinski definition) is 2. The van der Waals surface area contributed by atoms with Crippen molar-refractivity contribution in [1.82, 2.24) is 15.1 Å². The fourth-order valence-corrected chi connectivity index (χ4v) is 5.02. The maximum atomic E-state index is 13.1. The summed E-state index contributed by atoms with van der Waals surface area (Å²) in [6.45, 7) is 7.12. The highest BCUT2D eigenvalue weighted by Crippen LogP contribution is 2.33. The lowest BCUT2D eigenvalue weighted by atomic mass is 9.94. The number of piperidine rings is 1. The van der Waals surface area contributed by atoms with E-state index in [-0.39, 0.29) is 23.8 Å². The van der Waals surface area contributed by atoms with Crippen LogP contribution in [0, 0.1) is 6.92 Å². The normalized spacial score (nSPS) is 27.8. The molecule has 7 nitrogen and oxygen atoms in total. The smallest absolute Gasteiger partial charge is 0.255 e. The third kappa shape index (κ3) is 3.77. The van der Waals surface area contributed by atoms with Crippen molar-refractivity contribution in [3.8, 4) is 0 Å². The van der Waals surface area contributed by atoms with Crippen LogP contribution in [0.25, 0.3) is 0 Å². The van der Waals surface area contributed by atoms with Gasteiger partial charge < -0.3 is 20.4 Å². The van der Waals surface area contributed by atoms with Crippen LogP contribution in [-0.4, -0.2) is 58.4 Å². The minimum absolute atomic E-state index is 0.0246. The fraction of sp³-hybridized carbons (Fsp3) is 0.609. The van der Waals surface area contributed by atoms with Crippen molar-refractivity contribution in [2.75, 3.05) is 18.4 Å². The van der Waals surface area contributed by atoms with Crippen molar-refractivity contribution in [3.05, 3.63) is 29.3 Å². The van der Waals surface area contributed by atoms with Crippen LogP contribution in [0.5, 0.6) is 0 Å². The number of nitrogens with zero attached hydrogens (tertiary/aromatic N) is 2. The Balaban J connectivity index is 1.50. The Morgan fingerprint density at radius 3 is 2.73 bits per heavy atom. The summed E-state index contributed by atoms with van der Waals surface area (Å²) >= 11 is 0. The van der Waals surface area contributed by atoms with E-state index in [1.165, 1.54) is 0 Å². The van der Waals surface area contributed by atoms with Crippen LogP contribution in [0.4, 0.5) is 5.69 Å². The summed E-state index contributed by atoms with van der Waals surface area (Å²) in [6.07, 6.45) is 4.55. The van der Waals surface area contributed by atoms with Gasteiger partial charge in [-0.15, -0.1) is 0 Å². The summed E-state index contributed by atoms with van der Waals surface area (Å²) < 4.78 is 0. The quantitative estimate of drug-likeness (QED) is 0.782. The van der Waals surface area contributed by atoms with Crippen molar-refractivity contribution in [2.45, 2.75) is 77.0 Å². The fourth-order valence-electron chi connectivity index (χ4n) is 5.02. The summed E-state index contributed by atoms with van der Waals surface area (Å²) in [5, 5.41) is 6.60. The van der Waals surface area contributed by atoms with E-state index in [2.05, 4.69) is 17.6 Å². The van der Waals surface area contributed by atoms with Gasteiger partial charge in [0.05, 0.1) is 5.56 Å². The van der Waals surface area contributed by atoms with Gasteiger partial charge in [-0.3, -0.25) is 14.4 Å². The van der Waals surface area contributed by atoms with Crippen LogP contribution in [-0.2, 0) is 9.59 Å². The predicted molar refractivity (Wildman–Crippen MR) is 115 cm³/mol. The molecule has 0 radical (unpaired) electrons. The first-order valence-corrected chi connectivity index (χ1v) is 11.1. The topological polar surface area (TPSA) is 81.8 Å². The van der Waals surface area contributed by atoms with Crippen LogP contribution in [0.3, 0.4) is 0 Å². The molecule has 1 aromatic rings.